The summed E-state index contributed by atoms with van der Waals surface area (Å²) in [6.07, 6.45) is 1.66. The van der Waals surface area contributed by atoms with Crippen molar-refractivity contribution >= 4 is 17.8 Å². The number of aryl methyl sites for hydroxylation is 2. The van der Waals surface area contributed by atoms with Crippen LogP contribution in [-0.4, -0.2) is 45.5 Å². The van der Waals surface area contributed by atoms with Gasteiger partial charge in [-0.2, -0.15) is 5.10 Å². The summed E-state index contributed by atoms with van der Waals surface area (Å²) in [6, 6.07) is 11.7. The summed E-state index contributed by atoms with van der Waals surface area (Å²) in [4.78, 5) is 14.7. The van der Waals surface area contributed by atoms with Crippen molar-refractivity contribution in [1.82, 2.24) is 5.43 Å². The Morgan fingerprint density at radius 2 is 1.96 bits per heavy atom. The molecule has 1 aliphatic heterocycles. The van der Waals surface area contributed by atoms with Crippen LogP contribution in [0.2, 0.25) is 0 Å². The molecule has 2 aromatic carbocycles. The molecule has 0 bridgehead atoms. The normalized spacial score (nSPS) is 14.4. The Bertz CT molecular complexity index is 843. The van der Waals surface area contributed by atoms with Gasteiger partial charge in [-0.15, -0.1) is 0 Å². The van der Waals surface area contributed by atoms with Crippen molar-refractivity contribution in [2.24, 2.45) is 5.10 Å². The zero-order chi connectivity index (χ0) is 19.2. The Morgan fingerprint density at radius 3 is 2.67 bits per heavy atom. The van der Waals surface area contributed by atoms with Crippen LogP contribution in [0.25, 0.3) is 0 Å². The molecule has 0 aliphatic carbocycles. The number of hydrazone groups is 1. The Morgan fingerprint density at radius 1 is 1.19 bits per heavy atom. The number of carbonyl (C=O) groups excluding carboxylic acids is 1. The lowest BCUT2D eigenvalue weighted by molar-refractivity contribution is 0.0952. The summed E-state index contributed by atoms with van der Waals surface area (Å²) in [5, 5.41) is 4.11. The van der Waals surface area contributed by atoms with Crippen molar-refractivity contribution in [3.63, 3.8) is 0 Å². The van der Waals surface area contributed by atoms with Gasteiger partial charge in [0.25, 0.3) is 5.91 Å². The van der Waals surface area contributed by atoms with Crippen LogP contribution >= 0.6 is 0 Å². The molecule has 6 heteroatoms. The Labute approximate surface area is 159 Å². The lowest BCUT2D eigenvalue weighted by atomic mass is 10.1. The Hall–Kier alpha value is -2.86. The second-order valence-electron chi connectivity index (χ2n) is 6.54. The predicted molar refractivity (Wildman–Crippen MR) is 107 cm³/mol. The van der Waals surface area contributed by atoms with Crippen molar-refractivity contribution in [2.75, 3.05) is 38.3 Å². The van der Waals surface area contributed by atoms with E-state index in [0.29, 0.717) is 11.3 Å². The van der Waals surface area contributed by atoms with E-state index in [1.807, 2.05) is 32.0 Å². The molecule has 142 valence electrons. The zero-order valence-electron chi connectivity index (χ0n) is 16.0. The smallest absolute Gasteiger partial charge is 0.275 e. The summed E-state index contributed by atoms with van der Waals surface area (Å²) in [5.41, 5.74) is 7.30. The summed E-state index contributed by atoms with van der Waals surface area (Å²) in [5.74, 6) is 0.236. The molecule has 6 nitrogen and oxygen atoms in total. The number of nitrogens with one attached hydrogen (secondary N) is 1. The first-order valence-corrected chi connectivity index (χ1v) is 9.00. The molecule has 1 heterocycles. The fourth-order valence-corrected chi connectivity index (χ4v) is 3.03. The van der Waals surface area contributed by atoms with E-state index in [0.717, 1.165) is 43.0 Å². The number of benzene rings is 2. The summed E-state index contributed by atoms with van der Waals surface area (Å²) < 4.78 is 10.7. The first kappa shape index (κ1) is 18.9. The number of morpholine rings is 1. The van der Waals surface area contributed by atoms with Crippen LogP contribution in [0.5, 0.6) is 5.75 Å². The fraction of sp³-hybridized carbons (Fsp3) is 0.333. The number of anilines is 1. The molecule has 2 aromatic rings. The van der Waals surface area contributed by atoms with Gasteiger partial charge in [0, 0.05) is 18.8 Å². The molecule has 0 spiro atoms. The average molecular weight is 367 g/mol. The predicted octanol–water partition coefficient (Wildman–Crippen LogP) is 2.91. The standard InChI is InChI=1S/C21H25N3O3/c1-15-4-7-19(20(12-15)26-3)21(25)23-22-14-17-5-6-18(13-16(17)2)24-8-10-27-11-9-24/h4-7,12-14H,8-11H2,1-3H3,(H,23,25)/b22-14-. The zero-order valence-corrected chi connectivity index (χ0v) is 16.0. The molecule has 0 aromatic heterocycles. The highest BCUT2D eigenvalue weighted by Gasteiger charge is 2.13. The third-order valence-corrected chi connectivity index (χ3v) is 4.60. The van der Waals surface area contributed by atoms with Crippen molar-refractivity contribution in [1.29, 1.82) is 0 Å². The van der Waals surface area contributed by atoms with E-state index in [9.17, 15) is 4.79 Å². The van der Waals surface area contributed by atoms with E-state index in [1.165, 1.54) is 5.69 Å². The molecule has 0 radical (unpaired) electrons. The minimum atomic E-state index is -0.300. The monoisotopic (exact) mass is 367 g/mol. The van der Waals surface area contributed by atoms with E-state index in [-0.39, 0.29) is 5.91 Å². The van der Waals surface area contributed by atoms with Crippen molar-refractivity contribution < 1.29 is 14.3 Å². The van der Waals surface area contributed by atoms with Gasteiger partial charge in [-0.25, -0.2) is 5.43 Å². The van der Waals surface area contributed by atoms with Crippen molar-refractivity contribution in [3.05, 3.63) is 58.7 Å². The molecule has 1 fully saturated rings. The van der Waals surface area contributed by atoms with Gasteiger partial charge >= 0.3 is 0 Å². The van der Waals surface area contributed by atoms with Gasteiger partial charge in [-0.05, 0) is 54.8 Å². The van der Waals surface area contributed by atoms with Crippen LogP contribution in [0.15, 0.2) is 41.5 Å². The number of hydrogen-bond acceptors (Lipinski definition) is 5. The van der Waals surface area contributed by atoms with Crippen LogP contribution in [0.4, 0.5) is 5.69 Å². The summed E-state index contributed by atoms with van der Waals surface area (Å²) in [7, 11) is 1.55. The average Bonchev–Trinajstić information content (AvgIpc) is 2.69. The quantitative estimate of drug-likeness (QED) is 0.652. The first-order chi connectivity index (χ1) is 13.1. The third-order valence-electron chi connectivity index (χ3n) is 4.60. The van der Waals surface area contributed by atoms with Crippen LogP contribution in [0.3, 0.4) is 0 Å². The van der Waals surface area contributed by atoms with E-state index < -0.39 is 0 Å². The van der Waals surface area contributed by atoms with E-state index in [1.54, 1.807) is 19.4 Å². The minimum absolute atomic E-state index is 0.300. The van der Waals surface area contributed by atoms with Gasteiger partial charge in [0.15, 0.2) is 0 Å². The highest BCUT2D eigenvalue weighted by Crippen LogP contribution is 2.21. The summed E-state index contributed by atoms with van der Waals surface area (Å²) >= 11 is 0. The fourth-order valence-electron chi connectivity index (χ4n) is 3.03. The van der Waals surface area contributed by atoms with E-state index in [2.05, 4.69) is 27.6 Å². The number of methoxy groups -OCH3 is 1. The molecule has 0 saturated carbocycles. The van der Waals surface area contributed by atoms with Gasteiger partial charge in [-0.3, -0.25) is 4.79 Å². The number of hydrogen-bond donors (Lipinski definition) is 1. The summed E-state index contributed by atoms with van der Waals surface area (Å²) in [6.45, 7) is 7.32. The highest BCUT2D eigenvalue weighted by molar-refractivity contribution is 5.97. The maximum absolute atomic E-state index is 12.3. The first-order valence-electron chi connectivity index (χ1n) is 9.00. The molecule has 27 heavy (non-hydrogen) atoms. The number of rotatable bonds is 5. The third kappa shape index (κ3) is 4.65. The molecular weight excluding hydrogens is 342 g/mol. The van der Waals surface area contributed by atoms with Gasteiger partial charge < -0.3 is 14.4 Å². The second kappa shape index (κ2) is 8.68. The van der Waals surface area contributed by atoms with Crippen LogP contribution < -0.4 is 15.1 Å². The minimum Gasteiger partial charge on any atom is -0.496 e. The second-order valence-corrected chi connectivity index (χ2v) is 6.54. The lowest BCUT2D eigenvalue weighted by Crippen LogP contribution is -2.36. The van der Waals surface area contributed by atoms with E-state index >= 15 is 0 Å². The molecule has 1 amide bonds. The largest absolute Gasteiger partial charge is 0.496 e. The maximum atomic E-state index is 12.3. The SMILES string of the molecule is COc1cc(C)ccc1C(=O)N/N=C\c1ccc(N2CCOCC2)cc1C. The lowest BCUT2D eigenvalue weighted by Gasteiger charge is -2.29. The molecule has 1 saturated heterocycles. The molecule has 3 rings (SSSR count). The molecule has 0 atom stereocenters. The van der Waals surface area contributed by atoms with E-state index in [4.69, 9.17) is 9.47 Å². The molecular formula is C21H25N3O3. The Balaban J connectivity index is 1.66. The number of carbonyl (C=O) groups is 1. The molecule has 1 N–H and O–H groups in total. The van der Waals surface area contributed by atoms with Crippen LogP contribution in [0, 0.1) is 13.8 Å². The van der Waals surface area contributed by atoms with Crippen LogP contribution in [-0.2, 0) is 4.74 Å². The Kier molecular flexibility index (Phi) is 6.08. The highest BCUT2D eigenvalue weighted by atomic mass is 16.5. The van der Waals surface area contributed by atoms with Gasteiger partial charge in [-0.1, -0.05) is 12.1 Å². The molecule has 0 unspecified atom stereocenters. The topological polar surface area (TPSA) is 63.2 Å². The van der Waals surface area contributed by atoms with Gasteiger partial charge in [0.1, 0.15) is 5.75 Å². The van der Waals surface area contributed by atoms with Gasteiger partial charge in [0.05, 0.1) is 32.1 Å². The number of amides is 1. The van der Waals surface area contributed by atoms with Gasteiger partial charge in [0.2, 0.25) is 0 Å². The maximum Gasteiger partial charge on any atom is 0.275 e. The van der Waals surface area contributed by atoms with Crippen molar-refractivity contribution in [3.8, 4) is 5.75 Å². The number of ether oxygens (including phenoxy) is 2. The van der Waals surface area contributed by atoms with Crippen LogP contribution in [0.1, 0.15) is 27.0 Å². The molecule has 1 aliphatic rings. The number of nitrogens with zero attached hydrogens (tertiary/aromatic N) is 2. The van der Waals surface area contributed by atoms with Crippen molar-refractivity contribution in [2.45, 2.75) is 13.8 Å².